The summed E-state index contributed by atoms with van der Waals surface area (Å²) in [4.78, 5) is 26.8. The molecule has 7 nitrogen and oxygen atoms in total. The van der Waals surface area contributed by atoms with E-state index in [1.807, 2.05) is 30.3 Å². The summed E-state index contributed by atoms with van der Waals surface area (Å²) in [5.74, 6) is -0.793. The number of anilines is 2. The van der Waals surface area contributed by atoms with Crippen LogP contribution in [-0.4, -0.2) is 25.5 Å². The first-order valence-corrected chi connectivity index (χ1v) is 11.0. The third kappa shape index (κ3) is 5.07. The maximum atomic E-state index is 14.1. The van der Waals surface area contributed by atoms with Crippen LogP contribution in [0.4, 0.5) is 15.8 Å². The van der Waals surface area contributed by atoms with Crippen LogP contribution in [0.2, 0.25) is 5.02 Å². The first kappa shape index (κ1) is 23.4. The van der Waals surface area contributed by atoms with E-state index in [4.69, 9.17) is 21.1 Å². The second-order valence-corrected chi connectivity index (χ2v) is 8.09. The second-order valence-electron chi connectivity index (χ2n) is 7.68. The van der Waals surface area contributed by atoms with Crippen molar-refractivity contribution < 1.29 is 23.5 Å². The molecule has 1 aliphatic rings. The van der Waals surface area contributed by atoms with Gasteiger partial charge >= 0.3 is 0 Å². The van der Waals surface area contributed by atoms with Gasteiger partial charge in [-0.25, -0.2) is 4.39 Å². The Morgan fingerprint density at radius 1 is 1.12 bits per heavy atom. The number of nitrogens with zero attached hydrogens (tertiary/aromatic N) is 1. The van der Waals surface area contributed by atoms with Gasteiger partial charge in [0.15, 0.2) is 11.5 Å². The summed E-state index contributed by atoms with van der Waals surface area (Å²) in [5, 5.41) is 0.242. The molecule has 3 aromatic carbocycles. The standard InChI is InChI=1S/C25H23ClFN3O4/c1-33-22-12-6-11-21(24(22)34-15-18-19(26)9-5-10-20(18)27)28-29-25(32)16-13-23(31)30(14-16)17-7-3-2-4-8-17/h2-12,16,28H,13-15H2,1H3,(H,29,32)/t16-/m1/s1. The van der Waals surface area contributed by atoms with Crippen LogP contribution in [0.15, 0.2) is 66.7 Å². The molecule has 0 unspecified atom stereocenters. The monoisotopic (exact) mass is 483 g/mol. The quantitative estimate of drug-likeness (QED) is 0.459. The van der Waals surface area contributed by atoms with Crippen molar-refractivity contribution in [1.82, 2.24) is 5.43 Å². The summed E-state index contributed by atoms with van der Waals surface area (Å²) in [6.07, 6.45) is 0.107. The van der Waals surface area contributed by atoms with E-state index in [1.54, 1.807) is 29.2 Å². The molecule has 2 amide bonds. The van der Waals surface area contributed by atoms with E-state index in [0.717, 1.165) is 5.69 Å². The number of hydrogen-bond donors (Lipinski definition) is 2. The number of amides is 2. The lowest BCUT2D eigenvalue weighted by Gasteiger charge is -2.19. The smallest absolute Gasteiger partial charge is 0.243 e. The Bertz CT molecular complexity index is 1170. The Kier molecular flexibility index (Phi) is 7.18. The molecular weight excluding hydrogens is 461 g/mol. The largest absolute Gasteiger partial charge is 0.493 e. The number of ether oxygens (including phenoxy) is 2. The number of hydrogen-bond acceptors (Lipinski definition) is 5. The molecule has 0 bridgehead atoms. The van der Waals surface area contributed by atoms with Gasteiger partial charge in [0.05, 0.1) is 23.7 Å². The minimum atomic E-state index is -0.521. The van der Waals surface area contributed by atoms with Gasteiger partial charge in [0, 0.05) is 24.2 Å². The van der Waals surface area contributed by atoms with Crippen molar-refractivity contribution in [3.63, 3.8) is 0 Å². The summed E-state index contributed by atoms with van der Waals surface area (Å²) in [5.41, 5.74) is 6.85. The lowest BCUT2D eigenvalue weighted by molar-refractivity contribution is -0.125. The van der Waals surface area contributed by atoms with Crippen LogP contribution in [0.3, 0.4) is 0 Å². The lowest BCUT2D eigenvalue weighted by atomic mass is 10.1. The molecule has 0 aliphatic carbocycles. The van der Waals surface area contributed by atoms with Gasteiger partial charge in [-0.05, 0) is 36.4 Å². The molecule has 0 aromatic heterocycles. The molecule has 34 heavy (non-hydrogen) atoms. The first-order valence-electron chi connectivity index (χ1n) is 10.6. The average molecular weight is 484 g/mol. The summed E-state index contributed by atoms with van der Waals surface area (Å²) in [6, 6.07) is 18.7. The number of hydrazine groups is 1. The van der Waals surface area contributed by atoms with Crippen LogP contribution in [0, 0.1) is 11.7 Å². The van der Waals surface area contributed by atoms with Gasteiger partial charge in [-0.2, -0.15) is 0 Å². The minimum Gasteiger partial charge on any atom is -0.493 e. The van der Waals surface area contributed by atoms with E-state index in [0.29, 0.717) is 11.4 Å². The fourth-order valence-corrected chi connectivity index (χ4v) is 3.93. The molecule has 9 heteroatoms. The molecule has 1 aliphatic heterocycles. The van der Waals surface area contributed by atoms with Crippen LogP contribution >= 0.6 is 11.6 Å². The lowest BCUT2D eigenvalue weighted by Crippen LogP contribution is -2.36. The van der Waals surface area contributed by atoms with Crippen molar-refractivity contribution >= 4 is 34.8 Å². The summed E-state index contributed by atoms with van der Waals surface area (Å²) < 4.78 is 25.3. The molecular formula is C25H23ClFN3O4. The summed E-state index contributed by atoms with van der Waals surface area (Å²) in [7, 11) is 1.48. The Morgan fingerprint density at radius 2 is 1.88 bits per heavy atom. The van der Waals surface area contributed by atoms with Crippen molar-refractivity contribution in [3.8, 4) is 11.5 Å². The number of para-hydroxylation sites is 2. The van der Waals surface area contributed by atoms with Crippen molar-refractivity contribution in [2.75, 3.05) is 24.0 Å². The van der Waals surface area contributed by atoms with Gasteiger partial charge < -0.3 is 14.4 Å². The third-order valence-corrected chi connectivity index (χ3v) is 5.86. The normalized spacial score (nSPS) is 15.2. The number of rotatable bonds is 8. The second kappa shape index (κ2) is 10.4. The Labute approximate surface area is 201 Å². The van der Waals surface area contributed by atoms with Gasteiger partial charge in [-0.15, -0.1) is 0 Å². The van der Waals surface area contributed by atoms with Crippen molar-refractivity contribution in [3.05, 3.63) is 83.1 Å². The van der Waals surface area contributed by atoms with Crippen molar-refractivity contribution in [1.29, 1.82) is 0 Å². The number of carbonyl (C=O) groups is 2. The van der Waals surface area contributed by atoms with E-state index >= 15 is 0 Å². The molecule has 1 atom stereocenters. The highest BCUT2D eigenvalue weighted by Gasteiger charge is 2.35. The molecule has 1 saturated heterocycles. The van der Waals surface area contributed by atoms with E-state index in [1.165, 1.54) is 19.2 Å². The highest BCUT2D eigenvalue weighted by Crippen LogP contribution is 2.36. The highest BCUT2D eigenvalue weighted by atomic mass is 35.5. The fourth-order valence-electron chi connectivity index (χ4n) is 3.71. The Morgan fingerprint density at radius 3 is 2.62 bits per heavy atom. The van der Waals surface area contributed by atoms with Crippen LogP contribution in [-0.2, 0) is 16.2 Å². The number of carbonyl (C=O) groups excluding carboxylic acids is 2. The van der Waals surface area contributed by atoms with Gasteiger partial charge in [-0.1, -0.05) is 41.9 Å². The minimum absolute atomic E-state index is 0.107. The predicted octanol–water partition coefficient (Wildman–Crippen LogP) is 4.56. The molecule has 0 saturated carbocycles. The Balaban J connectivity index is 1.44. The van der Waals surface area contributed by atoms with E-state index in [-0.39, 0.29) is 47.7 Å². The van der Waals surface area contributed by atoms with Crippen molar-refractivity contribution in [2.24, 2.45) is 5.92 Å². The van der Waals surface area contributed by atoms with Gasteiger partial charge in [0.2, 0.25) is 11.8 Å². The molecule has 2 N–H and O–H groups in total. The molecule has 1 heterocycles. The zero-order valence-corrected chi connectivity index (χ0v) is 19.1. The van der Waals surface area contributed by atoms with Crippen LogP contribution in [0.25, 0.3) is 0 Å². The number of halogens is 2. The van der Waals surface area contributed by atoms with Gasteiger partial charge in [0.25, 0.3) is 0 Å². The van der Waals surface area contributed by atoms with Crippen LogP contribution < -0.4 is 25.2 Å². The number of nitrogens with one attached hydrogen (secondary N) is 2. The highest BCUT2D eigenvalue weighted by molar-refractivity contribution is 6.31. The van der Waals surface area contributed by atoms with E-state index < -0.39 is 11.7 Å². The predicted molar refractivity (Wildman–Crippen MR) is 127 cm³/mol. The fraction of sp³-hybridized carbons (Fsp3) is 0.200. The molecule has 4 rings (SSSR count). The van der Waals surface area contributed by atoms with Gasteiger partial charge in [0.1, 0.15) is 12.4 Å². The average Bonchev–Trinajstić information content (AvgIpc) is 3.24. The number of methoxy groups -OCH3 is 1. The van der Waals surface area contributed by atoms with Crippen LogP contribution in [0.1, 0.15) is 12.0 Å². The topological polar surface area (TPSA) is 79.9 Å². The van der Waals surface area contributed by atoms with Crippen molar-refractivity contribution in [2.45, 2.75) is 13.0 Å². The first-order chi connectivity index (χ1) is 16.5. The maximum absolute atomic E-state index is 14.1. The molecule has 3 aromatic rings. The molecule has 0 spiro atoms. The number of benzene rings is 3. The summed E-state index contributed by atoms with van der Waals surface area (Å²) >= 11 is 6.10. The third-order valence-electron chi connectivity index (χ3n) is 5.51. The maximum Gasteiger partial charge on any atom is 0.243 e. The molecule has 0 radical (unpaired) electrons. The Hall–Kier alpha value is -3.78. The zero-order chi connectivity index (χ0) is 24.1. The summed E-state index contributed by atoms with van der Waals surface area (Å²) in [6.45, 7) is 0.140. The molecule has 1 fully saturated rings. The van der Waals surface area contributed by atoms with Crippen LogP contribution in [0.5, 0.6) is 11.5 Å². The van der Waals surface area contributed by atoms with Gasteiger partial charge in [-0.3, -0.25) is 20.4 Å². The van der Waals surface area contributed by atoms with E-state index in [2.05, 4.69) is 10.9 Å². The zero-order valence-electron chi connectivity index (χ0n) is 18.4. The van der Waals surface area contributed by atoms with E-state index in [9.17, 15) is 14.0 Å². The SMILES string of the molecule is COc1cccc(NNC(=O)[C@@H]2CC(=O)N(c3ccccc3)C2)c1OCc1c(F)cccc1Cl. The molecule has 176 valence electrons.